The lowest BCUT2D eigenvalue weighted by molar-refractivity contribution is -0.133. The van der Waals surface area contributed by atoms with Crippen molar-refractivity contribution in [3.8, 4) is 0 Å². The van der Waals surface area contributed by atoms with Crippen molar-refractivity contribution >= 4 is 41.5 Å². The monoisotopic (exact) mass is 777 g/mol. The molecule has 0 radical (unpaired) electrons. The van der Waals surface area contributed by atoms with Crippen molar-refractivity contribution in [2.45, 2.75) is 128 Å². The van der Waals surface area contributed by atoms with Crippen LogP contribution in [0.25, 0.3) is 0 Å². The largest absolute Gasteiger partial charge is 0.444 e. The van der Waals surface area contributed by atoms with Crippen molar-refractivity contribution in [1.82, 2.24) is 31.9 Å². The van der Waals surface area contributed by atoms with Gasteiger partial charge in [0, 0.05) is 32.4 Å². The summed E-state index contributed by atoms with van der Waals surface area (Å²) >= 11 is 0. The Morgan fingerprint density at radius 2 is 1.23 bits per heavy atom. The summed E-state index contributed by atoms with van der Waals surface area (Å²) < 4.78 is 5.43. The van der Waals surface area contributed by atoms with Crippen LogP contribution >= 0.6 is 0 Å². The maximum atomic E-state index is 14.2. The van der Waals surface area contributed by atoms with Gasteiger partial charge in [-0.25, -0.2) is 4.79 Å². The van der Waals surface area contributed by atoms with Crippen LogP contribution in [-0.4, -0.2) is 84.4 Å². The van der Waals surface area contributed by atoms with Gasteiger partial charge in [0.2, 0.25) is 35.4 Å². The number of carbonyl (C=O) groups excluding carboxylic acids is 7. The van der Waals surface area contributed by atoms with Crippen LogP contribution in [0.3, 0.4) is 0 Å². The Hall–Kier alpha value is -5.47. The first-order valence-corrected chi connectivity index (χ1v) is 19.5. The Morgan fingerprint density at radius 1 is 0.696 bits per heavy atom. The summed E-state index contributed by atoms with van der Waals surface area (Å²) in [7, 11) is 0. The van der Waals surface area contributed by atoms with E-state index in [1.807, 2.05) is 36.4 Å². The number of alkyl carbamates (subject to hydrolysis) is 1. The molecule has 3 rings (SSSR count). The third-order valence-corrected chi connectivity index (χ3v) is 9.07. The van der Waals surface area contributed by atoms with Gasteiger partial charge < -0.3 is 42.4 Å². The minimum atomic E-state index is -1.15. The molecule has 306 valence electrons. The van der Waals surface area contributed by atoms with Crippen LogP contribution in [-0.2, 0) is 46.3 Å². The zero-order valence-electron chi connectivity index (χ0n) is 32.8. The fourth-order valence-electron chi connectivity index (χ4n) is 6.09. The topological polar surface area (TPSA) is 227 Å². The van der Waals surface area contributed by atoms with Crippen molar-refractivity contribution in [3.05, 3.63) is 71.8 Å². The number of carbonyl (C=O) groups is 7. The summed E-state index contributed by atoms with van der Waals surface area (Å²) in [5.74, 6) is -3.06. The number of hydrogen-bond donors (Lipinski definition) is 7. The smallest absolute Gasteiger partial charge is 0.408 e. The molecule has 15 nitrogen and oxygen atoms in total. The summed E-state index contributed by atoms with van der Waals surface area (Å²) in [5.41, 5.74) is 6.51. The predicted molar refractivity (Wildman–Crippen MR) is 211 cm³/mol. The van der Waals surface area contributed by atoms with Gasteiger partial charge in [0.05, 0.1) is 0 Å². The van der Waals surface area contributed by atoms with Crippen LogP contribution in [0, 0.1) is 0 Å². The average molecular weight is 778 g/mol. The molecule has 0 aliphatic carbocycles. The van der Waals surface area contributed by atoms with Crippen molar-refractivity contribution in [2.75, 3.05) is 13.1 Å². The van der Waals surface area contributed by atoms with E-state index in [1.54, 1.807) is 45.0 Å². The first kappa shape index (κ1) is 44.9. The first-order valence-electron chi connectivity index (χ1n) is 19.5. The van der Waals surface area contributed by atoms with E-state index in [0.717, 1.165) is 11.1 Å². The van der Waals surface area contributed by atoms with Crippen molar-refractivity contribution < 1.29 is 38.3 Å². The molecule has 1 saturated heterocycles. The lowest BCUT2D eigenvalue weighted by Gasteiger charge is -2.27. The normalized spacial score (nSPS) is 22.0. The molecule has 1 fully saturated rings. The summed E-state index contributed by atoms with van der Waals surface area (Å²) in [6.07, 6.45) is 2.78. The van der Waals surface area contributed by atoms with Gasteiger partial charge in [-0.05, 0) is 89.7 Å². The number of benzene rings is 2. The summed E-state index contributed by atoms with van der Waals surface area (Å²) in [5, 5.41) is 16.6. The zero-order valence-corrected chi connectivity index (χ0v) is 32.8. The van der Waals surface area contributed by atoms with Gasteiger partial charge in [0.25, 0.3) is 0 Å². The van der Waals surface area contributed by atoms with Crippen LogP contribution in [0.1, 0.15) is 96.1 Å². The number of hydrogen-bond acceptors (Lipinski definition) is 8. The van der Waals surface area contributed by atoms with Crippen LogP contribution < -0.4 is 37.6 Å². The van der Waals surface area contributed by atoms with E-state index in [4.69, 9.17) is 10.5 Å². The quantitative estimate of drug-likeness (QED) is 0.221. The van der Waals surface area contributed by atoms with E-state index in [0.29, 0.717) is 51.6 Å². The number of nitrogens with two attached hydrogens (primary N) is 1. The molecule has 2 aromatic rings. The Kier molecular flexibility index (Phi) is 18.8. The number of amides is 7. The molecular formula is C41H59N7O8. The van der Waals surface area contributed by atoms with Crippen LogP contribution in [0.4, 0.5) is 4.79 Å². The highest BCUT2D eigenvalue weighted by Gasteiger charge is 2.32. The highest BCUT2D eigenvalue weighted by Crippen LogP contribution is 2.12. The molecule has 8 N–H and O–H groups in total. The Balaban J connectivity index is 1.92. The second kappa shape index (κ2) is 23.4. The standard InChI is InChI=1S/C41H59N7O8/c1-41(2,3)56-40(55)48-31-20-11-13-26-44-35(50)22-14-21-34(49)43-25-12-10-19-30(36(42)51)45-39(54)33(27-29-17-8-5-9-18-29)47-38(53)32(46-37(31)52)24-23-28-15-6-4-7-16-28/h4-9,15-18,30-33H,10-14,19-27H2,1-3H3,(H2,42,51)(H,43,49)(H,44,50)(H,45,54)(H,46,52)(H,47,53)(H,48,55)/t30-,31-,32-,33-/m0/s1. The molecule has 1 aliphatic rings. The maximum absolute atomic E-state index is 14.2. The van der Waals surface area contributed by atoms with Crippen molar-refractivity contribution in [1.29, 1.82) is 0 Å². The summed E-state index contributed by atoms with van der Waals surface area (Å²) in [6.45, 7) is 5.76. The summed E-state index contributed by atoms with van der Waals surface area (Å²) in [6, 6.07) is 14.0. The molecular weight excluding hydrogens is 718 g/mol. The number of ether oxygens (including phenoxy) is 1. The Morgan fingerprint density at radius 3 is 1.80 bits per heavy atom. The fourth-order valence-corrected chi connectivity index (χ4v) is 6.09. The van der Waals surface area contributed by atoms with Crippen LogP contribution in [0.5, 0.6) is 0 Å². The average Bonchev–Trinajstić information content (AvgIpc) is 3.14. The zero-order chi connectivity index (χ0) is 40.9. The molecule has 2 aromatic carbocycles. The van der Waals surface area contributed by atoms with Crippen molar-refractivity contribution in [3.63, 3.8) is 0 Å². The number of rotatable bonds is 7. The molecule has 56 heavy (non-hydrogen) atoms. The SMILES string of the molecule is CC(C)(C)OC(=O)N[C@H]1CCCCNC(=O)CCCC(=O)NCCCC[C@@H](C(N)=O)NC(=O)[C@H](Cc2ccccc2)NC(=O)[C@H](CCc2ccccc2)NC1=O. The van der Waals surface area contributed by atoms with Gasteiger partial charge >= 0.3 is 6.09 Å². The van der Waals surface area contributed by atoms with Gasteiger partial charge in [-0.1, -0.05) is 60.7 Å². The van der Waals surface area contributed by atoms with Gasteiger partial charge in [-0.3, -0.25) is 28.8 Å². The lowest BCUT2D eigenvalue weighted by Crippen LogP contribution is -2.58. The van der Waals surface area contributed by atoms with Crippen LogP contribution in [0.2, 0.25) is 0 Å². The molecule has 0 unspecified atom stereocenters. The maximum Gasteiger partial charge on any atom is 0.408 e. The molecule has 1 heterocycles. The number of aryl methyl sites for hydroxylation is 1. The molecule has 1 aliphatic heterocycles. The third-order valence-electron chi connectivity index (χ3n) is 9.07. The molecule has 0 spiro atoms. The molecule has 0 aromatic heterocycles. The second-order valence-corrected chi connectivity index (χ2v) is 15.0. The van der Waals surface area contributed by atoms with Crippen LogP contribution in [0.15, 0.2) is 60.7 Å². The predicted octanol–water partition coefficient (Wildman–Crippen LogP) is 2.45. The highest BCUT2D eigenvalue weighted by molar-refractivity contribution is 5.95. The first-order chi connectivity index (χ1) is 26.7. The second-order valence-electron chi connectivity index (χ2n) is 15.0. The summed E-state index contributed by atoms with van der Waals surface area (Å²) in [4.78, 5) is 92.0. The van der Waals surface area contributed by atoms with Gasteiger partial charge in [-0.2, -0.15) is 0 Å². The Labute approximate surface area is 329 Å². The lowest BCUT2D eigenvalue weighted by atomic mass is 10.0. The van der Waals surface area contributed by atoms with E-state index in [2.05, 4.69) is 31.9 Å². The van der Waals surface area contributed by atoms with Gasteiger partial charge in [-0.15, -0.1) is 0 Å². The Bertz CT molecular complexity index is 1600. The number of primary amides is 1. The van der Waals surface area contributed by atoms with Gasteiger partial charge in [0.15, 0.2) is 0 Å². The third kappa shape index (κ3) is 17.8. The minimum Gasteiger partial charge on any atom is -0.444 e. The molecule has 0 bridgehead atoms. The molecule has 7 amide bonds. The minimum absolute atomic E-state index is 0.0780. The van der Waals surface area contributed by atoms with E-state index in [9.17, 15) is 33.6 Å². The van der Waals surface area contributed by atoms with E-state index >= 15 is 0 Å². The van der Waals surface area contributed by atoms with E-state index < -0.39 is 59.5 Å². The molecule has 4 atom stereocenters. The molecule has 0 saturated carbocycles. The van der Waals surface area contributed by atoms with E-state index in [-0.39, 0.29) is 50.3 Å². The fraction of sp³-hybridized carbons (Fsp3) is 0.537. The van der Waals surface area contributed by atoms with E-state index in [1.165, 1.54) is 0 Å². The van der Waals surface area contributed by atoms with Gasteiger partial charge in [0.1, 0.15) is 29.8 Å². The molecule has 15 heteroatoms. The highest BCUT2D eigenvalue weighted by atomic mass is 16.6. The van der Waals surface area contributed by atoms with Crippen molar-refractivity contribution in [2.24, 2.45) is 5.73 Å². The number of nitrogens with one attached hydrogen (secondary N) is 6.